The van der Waals surface area contributed by atoms with Gasteiger partial charge in [-0.25, -0.2) is 0 Å². The minimum absolute atomic E-state index is 0.127. The van der Waals surface area contributed by atoms with E-state index in [1.54, 1.807) is 0 Å². The zero-order chi connectivity index (χ0) is 15.8. The van der Waals surface area contributed by atoms with Crippen LogP contribution in [0.1, 0.15) is 78.6 Å². The average Bonchev–Trinajstić information content (AvgIpc) is 2.70. The third-order valence-electron chi connectivity index (χ3n) is 9.04. The SMILES string of the molecule is CC12CCC(=O)C[C@H]1CCC1C2CCC2(C)C1CC[C@]2(C)O. The number of Topliss-reactive ketones (excluding diaryl/α,β-unsaturated/α-hetero) is 1. The number of hydrogen-bond acceptors (Lipinski definition) is 2. The molecule has 0 spiro atoms. The largest absolute Gasteiger partial charge is 0.390 e. The van der Waals surface area contributed by atoms with Crippen LogP contribution in [0.2, 0.25) is 0 Å². The van der Waals surface area contributed by atoms with Gasteiger partial charge in [0.1, 0.15) is 5.78 Å². The van der Waals surface area contributed by atoms with Crippen LogP contribution in [0.5, 0.6) is 0 Å². The summed E-state index contributed by atoms with van der Waals surface area (Å²) < 4.78 is 0. The molecule has 4 saturated carbocycles. The lowest BCUT2D eigenvalue weighted by Gasteiger charge is -2.60. The molecule has 0 saturated heterocycles. The second-order valence-electron chi connectivity index (χ2n) is 9.67. The van der Waals surface area contributed by atoms with Gasteiger partial charge in [0.25, 0.3) is 0 Å². The number of rotatable bonds is 0. The zero-order valence-corrected chi connectivity index (χ0v) is 14.5. The molecule has 1 N–H and O–H groups in total. The quantitative estimate of drug-likeness (QED) is 0.722. The van der Waals surface area contributed by atoms with Crippen molar-refractivity contribution < 1.29 is 9.90 Å². The fraction of sp³-hybridized carbons (Fsp3) is 0.950. The van der Waals surface area contributed by atoms with Crippen molar-refractivity contribution in [1.29, 1.82) is 0 Å². The van der Waals surface area contributed by atoms with Crippen molar-refractivity contribution in [3.63, 3.8) is 0 Å². The van der Waals surface area contributed by atoms with E-state index in [1.165, 1.54) is 32.1 Å². The molecule has 124 valence electrons. The van der Waals surface area contributed by atoms with Gasteiger partial charge in [-0.05, 0) is 86.4 Å². The minimum atomic E-state index is -0.469. The molecule has 4 fully saturated rings. The van der Waals surface area contributed by atoms with Crippen LogP contribution in [-0.2, 0) is 4.79 Å². The van der Waals surface area contributed by atoms with Crippen LogP contribution in [0, 0.1) is 34.5 Å². The molecule has 4 rings (SSSR count). The Hall–Kier alpha value is -0.370. The molecular formula is C20H32O2. The molecular weight excluding hydrogens is 272 g/mol. The maximum absolute atomic E-state index is 11.9. The molecule has 0 aromatic heterocycles. The van der Waals surface area contributed by atoms with Gasteiger partial charge in [-0.1, -0.05) is 13.8 Å². The van der Waals surface area contributed by atoms with Gasteiger partial charge in [0.05, 0.1) is 5.60 Å². The summed E-state index contributed by atoms with van der Waals surface area (Å²) in [5.41, 5.74) is 0.0530. The van der Waals surface area contributed by atoms with Crippen LogP contribution in [-0.4, -0.2) is 16.5 Å². The van der Waals surface area contributed by atoms with Crippen molar-refractivity contribution in [3.05, 3.63) is 0 Å². The van der Waals surface area contributed by atoms with E-state index < -0.39 is 5.60 Å². The zero-order valence-electron chi connectivity index (χ0n) is 14.5. The number of carbonyl (C=O) groups excluding carboxylic acids is 1. The molecule has 0 heterocycles. The molecule has 0 aliphatic heterocycles. The Labute approximate surface area is 135 Å². The summed E-state index contributed by atoms with van der Waals surface area (Å²) in [6.45, 7) is 6.94. The smallest absolute Gasteiger partial charge is 0.133 e. The first-order valence-corrected chi connectivity index (χ1v) is 9.52. The van der Waals surface area contributed by atoms with E-state index in [4.69, 9.17) is 0 Å². The number of fused-ring (bicyclic) bond motifs is 5. The summed E-state index contributed by atoms with van der Waals surface area (Å²) in [4.78, 5) is 11.9. The van der Waals surface area contributed by atoms with E-state index in [0.29, 0.717) is 23.0 Å². The fourth-order valence-electron chi connectivity index (χ4n) is 7.29. The van der Waals surface area contributed by atoms with E-state index in [2.05, 4.69) is 20.8 Å². The highest BCUT2D eigenvalue weighted by Crippen LogP contribution is 2.67. The minimum Gasteiger partial charge on any atom is -0.390 e. The monoisotopic (exact) mass is 304 g/mol. The summed E-state index contributed by atoms with van der Waals surface area (Å²) >= 11 is 0. The third-order valence-corrected chi connectivity index (χ3v) is 9.04. The predicted molar refractivity (Wildman–Crippen MR) is 87.4 cm³/mol. The number of ketones is 1. The first-order valence-electron chi connectivity index (χ1n) is 9.52. The van der Waals surface area contributed by atoms with Gasteiger partial charge in [-0.15, -0.1) is 0 Å². The van der Waals surface area contributed by atoms with E-state index in [0.717, 1.165) is 37.5 Å². The molecule has 2 nitrogen and oxygen atoms in total. The number of hydrogen-bond donors (Lipinski definition) is 1. The summed E-state index contributed by atoms with van der Waals surface area (Å²) in [7, 11) is 0. The summed E-state index contributed by atoms with van der Waals surface area (Å²) in [6.07, 6.45) is 9.98. The second kappa shape index (κ2) is 4.59. The molecule has 4 aliphatic rings. The standard InChI is InChI=1S/C20H32O2/c1-18-9-6-14(21)12-13(18)4-5-15-16(18)7-10-19(2)17(15)8-11-20(19,3)22/h13,15-17,22H,4-12H2,1-3H3/t13-,15?,16?,17?,18?,19?,20+/m1/s1. The van der Waals surface area contributed by atoms with Crippen molar-refractivity contribution in [3.8, 4) is 0 Å². The van der Waals surface area contributed by atoms with Gasteiger partial charge < -0.3 is 5.11 Å². The highest BCUT2D eigenvalue weighted by atomic mass is 16.3. The number of carbonyl (C=O) groups is 1. The molecule has 2 heteroatoms. The van der Waals surface area contributed by atoms with Crippen molar-refractivity contribution in [2.75, 3.05) is 0 Å². The maximum atomic E-state index is 11.9. The van der Waals surface area contributed by atoms with Gasteiger partial charge in [0.2, 0.25) is 0 Å². The maximum Gasteiger partial charge on any atom is 0.133 e. The van der Waals surface area contributed by atoms with Crippen molar-refractivity contribution in [2.45, 2.75) is 84.2 Å². The predicted octanol–water partition coefficient (Wildman–Crippen LogP) is 4.35. The van der Waals surface area contributed by atoms with E-state index in [-0.39, 0.29) is 5.41 Å². The van der Waals surface area contributed by atoms with Gasteiger partial charge in [-0.3, -0.25) is 4.79 Å². The molecule has 7 atom stereocenters. The molecule has 0 aromatic rings. The molecule has 0 bridgehead atoms. The van der Waals surface area contributed by atoms with Crippen molar-refractivity contribution >= 4 is 5.78 Å². The van der Waals surface area contributed by atoms with Crippen molar-refractivity contribution in [2.24, 2.45) is 34.5 Å². The Kier molecular flexibility index (Phi) is 3.16. The van der Waals surface area contributed by atoms with Gasteiger partial charge in [-0.2, -0.15) is 0 Å². The lowest BCUT2D eigenvalue weighted by atomic mass is 9.44. The van der Waals surface area contributed by atoms with Gasteiger partial charge >= 0.3 is 0 Å². The Morgan fingerprint density at radius 2 is 1.68 bits per heavy atom. The molecule has 0 radical (unpaired) electrons. The highest BCUT2D eigenvalue weighted by molar-refractivity contribution is 5.79. The fourth-order valence-corrected chi connectivity index (χ4v) is 7.29. The Morgan fingerprint density at radius 3 is 2.45 bits per heavy atom. The third kappa shape index (κ3) is 1.79. The lowest BCUT2D eigenvalue weighted by molar-refractivity contribution is -0.152. The molecule has 4 aliphatic carbocycles. The number of aliphatic hydroxyl groups is 1. The van der Waals surface area contributed by atoms with Crippen LogP contribution in [0.25, 0.3) is 0 Å². The van der Waals surface area contributed by atoms with Gasteiger partial charge in [0, 0.05) is 12.8 Å². The van der Waals surface area contributed by atoms with Crippen LogP contribution in [0.3, 0.4) is 0 Å². The summed E-state index contributed by atoms with van der Waals surface area (Å²) in [5.74, 6) is 3.44. The molecule has 0 aromatic carbocycles. The summed E-state index contributed by atoms with van der Waals surface area (Å²) in [5, 5.41) is 10.9. The average molecular weight is 304 g/mol. The normalized spacial score (nSPS) is 57.9. The Morgan fingerprint density at radius 1 is 0.955 bits per heavy atom. The lowest BCUT2D eigenvalue weighted by Crippen LogP contribution is -2.55. The Balaban J connectivity index is 1.65. The van der Waals surface area contributed by atoms with Crippen LogP contribution < -0.4 is 0 Å². The second-order valence-corrected chi connectivity index (χ2v) is 9.67. The molecule has 5 unspecified atom stereocenters. The highest BCUT2D eigenvalue weighted by Gasteiger charge is 2.63. The van der Waals surface area contributed by atoms with E-state index >= 15 is 0 Å². The summed E-state index contributed by atoms with van der Waals surface area (Å²) in [6, 6.07) is 0. The van der Waals surface area contributed by atoms with Gasteiger partial charge in [0.15, 0.2) is 0 Å². The molecule has 0 amide bonds. The first kappa shape index (κ1) is 15.2. The van der Waals surface area contributed by atoms with Crippen molar-refractivity contribution in [1.82, 2.24) is 0 Å². The van der Waals surface area contributed by atoms with Crippen LogP contribution in [0.15, 0.2) is 0 Å². The Bertz CT molecular complexity index is 496. The van der Waals surface area contributed by atoms with E-state index in [9.17, 15) is 9.90 Å². The molecule has 22 heavy (non-hydrogen) atoms. The van der Waals surface area contributed by atoms with Crippen LogP contribution in [0.4, 0.5) is 0 Å². The first-order chi connectivity index (χ1) is 10.3. The van der Waals surface area contributed by atoms with E-state index in [1.807, 2.05) is 0 Å². The van der Waals surface area contributed by atoms with Crippen LogP contribution >= 0.6 is 0 Å². The topological polar surface area (TPSA) is 37.3 Å².